The number of ether oxygens (including phenoxy) is 2. The number of rotatable bonds is 8. The van der Waals surface area contributed by atoms with Crippen molar-refractivity contribution < 1.29 is 14.3 Å². The number of amides is 1. The minimum Gasteiger partial charge on any atom is -0.490 e. The van der Waals surface area contributed by atoms with Gasteiger partial charge in [-0.1, -0.05) is 0 Å². The van der Waals surface area contributed by atoms with Crippen LogP contribution in [-0.2, 0) is 0 Å². The largest absolute Gasteiger partial charge is 0.490 e. The van der Waals surface area contributed by atoms with E-state index in [0.717, 1.165) is 4.47 Å². The Kier molecular flexibility index (Phi) is 7.80. The molecule has 1 heterocycles. The average molecular weight is 450 g/mol. The number of nitrogens with one attached hydrogen (secondary N) is 1. The molecule has 0 aliphatic carbocycles. The molecule has 0 unspecified atom stereocenters. The van der Waals surface area contributed by atoms with E-state index in [-0.39, 0.29) is 17.2 Å². The summed E-state index contributed by atoms with van der Waals surface area (Å²) >= 11 is 3.46. The molecule has 1 aromatic heterocycles. The number of halogens is 1. The molecule has 1 aromatic carbocycles. The molecule has 7 nitrogen and oxygen atoms in total. The summed E-state index contributed by atoms with van der Waals surface area (Å²) < 4.78 is 13.4. The predicted molar refractivity (Wildman–Crippen MR) is 113 cm³/mol. The zero-order valence-electron chi connectivity index (χ0n) is 16.4. The summed E-state index contributed by atoms with van der Waals surface area (Å²) in [6, 6.07) is 6.67. The quantitative estimate of drug-likeness (QED) is 0.491. The first-order valence-corrected chi connectivity index (χ1v) is 9.82. The van der Waals surface area contributed by atoms with Crippen LogP contribution in [0.2, 0.25) is 0 Å². The van der Waals surface area contributed by atoms with Crippen LogP contribution in [0.4, 0.5) is 0 Å². The Hall–Kier alpha value is -2.61. The van der Waals surface area contributed by atoms with Gasteiger partial charge in [0.2, 0.25) is 0 Å². The van der Waals surface area contributed by atoms with Crippen molar-refractivity contribution in [2.45, 2.75) is 33.7 Å². The molecule has 0 saturated carbocycles. The van der Waals surface area contributed by atoms with Gasteiger partial charge in [-0.25, -0.2) is 5.43 Å². The van der Waals surface area contributed by atoms with Crippen molar-refractivity contribution >= 4 is 28.1 Å². The molecule has 1 amide bonds. The maximum atomic E-state index is 12.4. The molecule has 0 fully saturated rings. The molecule has 2 rings (SSSR count). The summed E-state index contributed by atoms with van der Waals surface area (Å²) in [5, 5.41) is 3.96. The summed E-state index contributed by atoms with van der Waals surface area (Å²) in [6.45, 7) is 8.52. The number of nitrogens with zero attached hydrogens (tertiary/aromatic N) is 2. The highest BCUT2D eigenvalue weighted by Gasteiger charge is 2.13. The van der Waals surface area contributed by atoms with Crippen LogP contribution in [0.5, 0.6) is 11.5 Å². The molecule has 0 spiro atoms. The van der Waals surface area contributed by atoms with Gasteiger partial charge in [0, 0.05) is 12.2 Å². The molecule has 0 saturated heterocycles. The molecule has 150 valence electrons. The van der Waals surface area contributed by atoms with Crippen LogP contribution in [-0.4, -0.2) is 29.9 Å². The van der Waals surface area contributed by atoms with E-state index in [4.69, 9.17) is 9.47 Å². The van der Waals surface area contributed by atoms with Crippen molar-refractivity contribution in [3.05, 3.63) is 56.4 Å². The molecule has 2 aromatic rings. The maximum Gasteiger partial charge on any atom is 0.276 e. The number of carbonyl (C=O) groups is 1. The van der Waals surface area contributed by atoms with Gasteiger partial charge < -0.3 is 14.0 Å². The van der Waals surface area contributed by atoms with Crippen molar-refractivity contribution in [3.8, 4) is 11.5 Å². The van der Waals surface area contributed by atoms with Crippen LogP contribution in [0.25, 0.3) is 0 Å². The van der Waals surface area contributed by atoms with Crippen molar-refractivity contribution in [1.29, 1.82) is 0 Å². The van der Waals surface area contributed by atoms with E-state index >= 15 is 0 Å². The third-order valence-corrected chi connectivity index (χ3v) is 4.36. The monoisotopic (exact) mass is 449 g/mol. The normalized spacial score (nSPS) is 11.1. The molecule has 8 heteroatoms. The Morgan fingerprint density at radius 3 is 2.64 bits per heavy atom. The zero-order valence-corrected chi connectivity index (χ0v) is 17.9. The number of carbonyl (C=O) groups excluding carboxylic acids is 1. The molecule has 28 heavy (non-hydrogen) atoms. The maximum absolute atomic E-state index is 12.4. The fraction of sp³-hybridized carbons (Fsp3) is 0.350. The van der Waals surface area contributed by atoms with Gasteiger partial charge in [0.05, 0.1) is 23.9 Å². The van der Waals surface area contributed by atoms with Gasteiger partial charge >= 0.3 is 0 Å². The van der Waals surface area contributed by atoms with Gasteiger partial charge in [0.25, 0.3) is 11.5 Å². The number of aromatic nitrogens is 1. The third-order valence-electron chi connectivity index (χ3n) is 3.78. The van der Waals surface area contributed by atoms with Crippen LogP contribution in [0.3, 0.4) is 0 Å². The highest BCUT2D eigenvalue weighted by atomic mass is 79.9. The van der Waals surface area contributed by atoms with E-state index in [2.05, 4.69) is 26.5 Å². The Labute approximate surface area is 172 Å². The second-order valence-corrected chi connectivity index (χ2v) is 6.98. The summed E-state index contributed by atoms with van der Waals surface area (Å²) in [5.41, 5.74) is 2.78. The van der Waals surface area contributed by atoms with Gasteiger partial charge in [0.15, 0.2) is 11.5 Å². The molecular formula is C20H24BrN3O4. The van der Waals surface area contributed by atoms with E-state index in [0.29, 0.717) is 30.3 Å². The number of benzene rings is 1. The smallest absolute Gasteiger partial charge is 0.276 e. The Morgan fingerprint density at radius 2 is 2.00 bits per heavy atom. The summed E-state index contributed by atoms with van der Waals surface area (Å²) in [7, 11) is 0. The highest BCUT2D eigenvalue weighted by molar-refractivity contribution is 9.10. The van der Waals surface area contributed by atoms with Crippen molar-refractivity contribution in [3.63, 3.8) is 0 Å². The van der Waals surface area contributed by atoms with Crippen molar-refractivity contribution in [2.75, 3.05) is 13.2 Å². The lowest BCUT2D eigenvalue weighted by Gasteiger charge is -2.13. The molecule has 1 N–H and O–H groups in total. The van der Waals surface area contributed by atoms with E-state index < -0.39 is 5.91 Å². The summed E-state index contributed by atoms with van der Waals surface area (Å²) in [4.78, 5) is 24.7. The van der Waals surface area contributed by atoms with Crippen LogP contribution >= 0.6 is 15.9 Å². The van der Waals surface area contributed by atoms with Gasteiger partial charge in [-0.05, 0) is 73.5 Å². The van der Waals surface area contributed by atoms with Gasteiger partial charge in [0.1, 0.15) is 5.56 Å². The van der Waals surface area contributed by atoms with E-state index in [1.165, 1.54) is 16.8 Å². The van der Waals surface area contributed by atoms with Crippen LogP contribution in [0, 0.1) is 0 Å². The van der Waals surface area contributed by atoms with Crippen LogP contribution < -0.4 is 20.5 Å². The summed E-state index contributed by atoms with van der Waals surface area (Å²) in [6.07, 6.45) is 3.13. The highest BCUT2D eigenvalue weighted by Crippen LogP contribution is 2.36. The fourth-order valence-electron chi connectivity index (χ4n) is 2.52. The first kappa shape index (κ1) is 21.7. The number of hydrogen-bond acceptors (Lipinski definition) is 5. The minimum atomic E-state index is -0.564. The Bertz CT molecular complexity index is 922. The first-order chi connectivity index (χ1) is 13.4. The van der Waals surface area contributed by atoms with Crippen LogP contribution in [0.15, 0.2) is 44.8 Å². The summed E-state index contributed by atoms with van der Waals surface area (Å²) in [5.74, 6) is 0.629. The zero-order chi connectivity index (χ0) is 20.7. The lowest BCUT2D eigenvalue weighted by molar-refractivity contribution is 0.0953. The third kappa shape index (κ3) is 5.22. The van der Waals surface area contributed by atoms with Gasteiger partial charge in [-0.3, -0.25) is 9.59 Å². The van der Waals surface area contributed by atoms with Gasteiger partial charge in [-0.2, -0.15) is 5.10 Å². The van der Waals surface area contributed by atoms with Crippen molar-refractivity contribution in [1.82, 2.24) is 9.99 Å². The predicted octanol–water partition coefficient (Wildman–Crippen LogP) is 3.75. The topological polar surface area (TPSA) is 81.9 Å². The number of pyridine rings is 1. The van der Waals surface area contributed by atoms with E-state index in [1.807, 2.05) is 27.7 Å². The second kappa shape index (κ2) is 10.1. The van der Waals surface area contributed by atoms with Gasteiger partial charge in [-0.15, -0.1) is 0 Å². The molecule has 0 atom stereocenters. The average Bonchev–Trinajstić information content (AvgIpc) is 2.64. The lowest BCUT2D eigenvalue weighted by Crippen LogP contribution is -2.31. The Morgan fingerprint density at radius 1 is 1.29 bits per heavy atom. The van der Waals surface area contributed by atoms with Crippen molar-refractivity contribution in [2.24, 2.45) is 5.10 Å². The number of hydrogen-bond donors (Lipinski definition) is 1. The molecule has 0 aliphatic rings. The van der Waals surface area contributed by atoms with Crippen LogP contribution in [0.1, 0.15) is 49.7 Å². The molecule has 0 bridgehead atoms. The Balaban J connectivity index is 2.20. The number of hydrazone groups is 1. The first-order valence-electron chi connectivity index (χ1n) is 9.02. The standard InChI is InChI=1S/C20H24BrN3O4/c1-5-27-17-11-14(10-16(21)18(17)28-6-2)12-22-23-19(25)15-8-7-9-24(13(3)4)20(15)26/h7-13H,5-6H2,1-4H3,(H,23,25)/b22-12-. The minimum absolute atomic E-state index is 0.0382. The fourth-order valence-corrected chi connectivity index (χ4v) is 3.10. The lowest BCUT2D eigenvalue weighted by atomic mass is 10.2. The van der Waals surface area contributed by atoms with E-state index in [9.17, 15) is 9.59 Å². The molecule has 0 aliphatic heterocycles. The molecule has 0 radical (unpaired) electrons. The van der Waals surface area contributed by atoms with E-state index in [1.54, 1.807) is 24.4 Å². The molecular weight excluding hydrogens is 426 g/mol. The SMILES string of the molecule is CCOc1cc(/C=N\NC(=O)c2cccn(C(C)C)c2=O)cc(Br)c1OCC. The second-order valence-electron chi connectivity index (χ2n) is 6.12.